The van der Waals surface area contributed by atoms with E-state index in [1.807, 2.05) is 18.3 Å². The first-order valence-electron chi connectivity index (χ1n) is 24.9. The molecule has 14 rings (SSSR count). The van der Waals surface area contributed by atoms with Crippen molar-refractivity contribution in [2.75, 3.05) is 4.90 Å². The number of benzene rings is 11. The number of para-hydroxylation sites is 1. The Hall–Kier alpha value is -9.77. The van der Waals surface area contributed by atoms with Crippen molar-refractivity contribution in [3.63, 3.8) is 0 Å². The number of hydrogen-bond acceptors (Lipinski definition) is 2. The van der Waals surface area contributed by atoms with Gasteiger partial charge in [-0.1, -0.05) is 158 Å². The van der Waals surface area contributed by atoms with Crippen molar-refractivity contribution in [1.82, 2.24) is 14.1 Å². The van der Waals surface area contributed by atoms with Crippen molar-refractivity contribution in [2.24, 2.45) is 0 Å². The van der Waals surface area contributed by atoms with Crippen LogP contribution in [0.2, 0.25) is 0 Å². The van der Waals surface area contributed by atoms with Gasteiger partial charge in [0.05, 0.1) is 33.4 Å². The fourth-order valence-electron chi connectivity index (χ4n) is 11.1. The molecule has 14 aromatic rings. The fourth-order valence-corrected chi connectivity index (χ4v) is 11.1. The lowest BCUT2D eigenvalue weighted by molar-refractivity contribution is 1.17. The van der Waals surface area contributed by atoms with Crippen LogP contribution in [0.15, 0.2) is 279 Å². The topological polar surface area (TPSA) is 26.0 Å². The number of pyridine rings is 1. The van der Waals surface area contributed by atoms with Gasteiger partial charge < -0.3 is 14.0 Å². The van der Waals surface area contributed by atoms with Crippen molar-refractivity contribution in [2.45, 2.75) is 0 Å². The Balaban J connectivity index is 0.920. The maximum atomic E-state index is 4.61. The average molecular weight is 931 g/mol. The second-order valence-corrected chi connectivity index (χ2v) is 18.8. The third-order valence-corrected chi connectivity index (χ3v) is 14.6. The van der Waals surface area contributed by atoms with Crippen LogP contribution in [0.25, 0.3) is 110 Å². The van der Waals surface area contributed by atoms with Gasteiger partial charge in [0.25, 0.3) is 0 Å². The van der Waals surface area contributed by atoms with Gasteiger partial charge >= 0.3 is 0 Å². The summed E-state index contributed by atoms with van der Waals surface area (Å²) < 4.78 is 4.83. The summed E-state index contributed by atoms with van der Waals surface area (Å²) in [6.45, 7) is 0. The molecule has 0 radical (unpaired) electrons. The summed E-state index contributed by atoms with van der Waals surface area (Å²) in [5.41, 5.74) is 19.4. The Morgan fingerprint density at radius 2 is 0.685 bits per heavy atom. The number of rotatable bonds is 9. The van der Waals surface area contributed by atoms with Crippen LogP contribution < -0.4 is 4.90 Å². The minimum Gasteiger partial charge on any atom is -0.310 e. The van der Waals surface area contributed by atoms with Crippen LogP contribution in [0, 0.1) is 0 Å². The van der Waals surface area contributed by atoms with Crippen molar-refractivity contribution in [1.29, 1.82) is 0 Å². The second-order valence-electron chi connectivity index (χ2n) is 18.8. The van der Waals surface area contributed by atoms with E-state index in [1.54, 1.807) is 0 Å². The van der Waals surface area contributed by atoms with E-state index in [0.29, 0.717) is 0 Å². The molecule has 342 valence electrons. The molecule has 4 nitrogen and oxygen atoms in total. The minimum absolute atomic E-state index is 0.964. The fraction of sp³-hybridized carbons (Fsp3) is 0. The van der Waals surface area contributed by atoms with Crippen LogP contribution in [-0.4, -0.2) is 14.1 Å². The van der Waals surface area contributed by atoms with Crippen molar-refractivity contribution >= 4 is 71.4 Å². The van der Waals surface area contributed by atoms with Gasteiger partial charge in [0.15, 0.2) is 0 Å². The van der Waals surface area contributed by atoms with Crippen LogP contribution in [-0.2, 0) is 0 Å². The molecule has 3 aromatic heterocycles. The van der Waals surface area contributed by atoms with E-state index in [2.05, 4.69) is 280 Å². The molecule has 0 unspecified atom stereocenters. The van der Waals surface area contributed by atoms with E-state index in [0.717, 1.165) is 56.2 Å². The first kappa shape index (κ1) is 42.1. The van der Waals surface area contributed by atoms with Gasteiger partial charge in [-0.15, -0.1) is 0 Å². The highest BCUT2D eigenvalue weighted by Crippen LogP contribution is 2.43. The van der Waals surface area contributed by atoms with Gasteiger partial charge in [-0.3, -0.25) is 4.98 Å². The van der Waals surface area contributed by atoms with E-state index in [-0.39, 0.29) is 0 Å². The highest BCUT2D eigenvalue weighted by atomic mass is 15.1. The van der Waals surface area contributed by atoms with Gasteiger partial charge in [-0.05, 0) is 154 Å². The molecule has 0 aliphatic carbocycles. The van der Waals surface area contributed by atoms with Gasteiger partial charge in [0.2, 0.25) is 0 Å². The normalized spacial score (nSPS) is 11.6. The number of anilines is 3. The Kier molecular flexibility index (Phi) is 10.1. The summed E-state index contributed by atoms with van der Waals surface area (Å²) in [4.78, 5) is 6.98. The molecule has 0 aliphatic heterocycles. The molecule has 73 heavy (non-hydrogen) atoms. The van der Waals surface area contributed by atoms with Crippen LogP contribution in [0.1, 0.15) is 0 Å². The molecule has 0 atom stereocenters. The maximum Gasteiger partial charge on any atom is 0.0701 e. The van der Waals surface area contributed by atoms with Gasteiger partial charge in [0.1, 0.15) is 0 Å². The molecule has 4 heteroatoms. The molecule has 11 aromatic carbocycles. The zero-order chi connectivity index (χ0) is 48.2. The van der Waals surface area contributed by atoms with Crippen molar-refractivity contribution in [3.8, 4) is 56.0 Å². The van der Waals surface area contributed by atoms with Gasteiger partial charge in [0, 0.05) is 61.4 Å². The summed E-state index contributed by atoms with van der Waals surface area (Å²) in [5.74, 6) is 0. The van der Waals surface area contributed by atoms with Crippen LogP contribution in [0.4, 0.5) is 17.1 Å². The number of aromatic nitrogens is 3. The van der Waals surface area contributed by atoms with Gasteiger partial charge in [-0.25, -0.2) is 0 Å². The van der Waals surface area contributed by atoms with Crippen LogP contribution in [0.3, 0.4) is 0 Å². The Morgan fingerprint density at radius 1 is 0.274 bits per heavy atom. The standard InChI is InChI=1S/C69H46N4/c1-4-15-47(16-5-1)51-28-38-66-60(43-51)62-45-53(30-40-68(62)72(66)57-32-26-50(27-33-57)64-24-12-13-42-70-64)54-31-41-69-63(46-54)61-44-52(48-17-6-2-7-18-48)29-39-67(61)73(69)58-36-34-56(35-37-58)71(55-21-8-3-9-22-55)65-25-14-20-49-19-10-11-23-59(49)65/h1-46H. The number of fused-ring (bicyclic) bond motifs is 7. The summed E-state index contributed by atoms with van der Waals surface area (Å²) in [6, 6.07) is 99.0. The number of hydrogen-bond donors (Lipinski definition) is 0. The largest absolute Gasteiger partial charge is 0.310 e. The monoisotopic (exact) mass is 930 g/mol. The third-order valence-electron chi connectivity index (χ3n) is 14.6. The Bertz CT molecular complexity index is 4320. The smallest absolute Gasteiger partial charge is 0.0701 e. The first-order chi connectivity index (χ1) is 36.2. The Morgan fingerprint density at radius 3 is 1.19 bits per heavy atom. The molecule has 0 saturated carbocycles. The molecule has 0 fully saturated rings. The molecule has 0 bridgehead atoms. The van der Waals surface area contributed by atoms with E-state index < -0.39 is 0 Å². The molecule has 0 N–H and O–H groups in total. The summed E-state index contributed by atoms with van der Waals surface area (Å²) in [7, 11) is 0. The lowest BCUT2D eigenvalue weighted by Gasteiger charge is -2.27. The molecule has 3 heterocycles. The Labute approximate surface area is 423 Å². The van der Waals surface area contributed by atoms with E-state index >= 15 is 0 Å². The van der Waals surface area contributed by atoms with E-state index in [9.17, 15) is 0 Å². The van der Waals surface area contributed by atoms with E-state index in [1.165, 1.54) is 71.2 Å². The quantitative estimate of drug-likeness (QED) is 0.144. The van der Waals surface area contributed by atoms with Crippen molar-refractivity contribution in [3.05, 3.63) is 279 Å². The summed E-state index contributed by atoms with van der Waals surface area (Å²) in [6.07, 6.45) is 1.85. The molecule has 0 saturated heterocycles. The zero-order valence-electron chi connectivity index (χ0n) is 39.8. The minimum atomic E-state index is 0.964. The molecule has 0 aliphatic rings. The summed E-state index contributed by atoms with van der Waals surface area (Å²) >= 11 is 0. The predicted octanol–water partition coefficient (Wildman–Crippen LogP) is 18.6. The SMILES string of the molecule is c1ccc(-c2ccc3c(c2)c2cc(-c4ccc5c(c4)c4cc(-c6ccccc6)ccc4n5-c4ccc(N(c5ccccc5)c5cccc6ccccc56)cc4)ccc2n3-c2ccc(-c3ccccn3)cc2)cc1. The highest BCUT2D eigenvalue weighted by molar-refractivity contribution is 6.14. The second kappa shape index (κ2) is 17.6. The number of nitrogens with zero attached hydrogens (tertiary/aromatic N) is 4. The predicted molar refractivity (Wildman–Crippen MR) is 307 cm³/mol. The van der Waals surface area contributed by atoms with Crippen LogP contribution >= 0.6 is 0 Å². The highest BCUT2D eigenvalue weighted by Gasteiger charge is 2.20. The molecular formula is C69H46N4. The summed E-state index contributed by atoms with van der Waals surface area (Å²) in [5, 5.41) is 7.26. The van der Waals surface area contributed by atoms with Gasteiger partial charge in [-0.2, -0.15) is 0 Å². The molecular weight excluding hydrogens is 885 g/mol. The first-order valence-corrected chi connectivity index (χ1v) is 24.9. The lowest BCUT2D eigenvalue weighted by Crippen LogP contribution is -2.10. The van der Waals surface area contributed by atoms with Crippen molar-refractivity contribution < 1.29 is 0 Å². The molecule has 0 spiro atoms. The average Bonchev–Trinajstić information content (AvgIpc) is 3.99. The molecule has 0 amide bonds. The maximum absolute atomic E-state index is 4.61. The van der Waals surface area contributed by atoms with Crippen LogP contribution in [0.5, 0.6) is 0 Å². The zero-order valence-corrected chi connectivity index (χ0v) is 39.8. The van der Waals surface area contributed by atoms with E-state index in [4.69, 9.17) is 0 Å². The third kappa shape index (κ3) is 7.35. The lowest BCUT2D eigenvalue weighted by atomic mass is 9.98.